The minimum Gasteiger partial charge on any atom is -0.300 e. The first-order chi connectivity index (χ1) is 10.9. The van der Waals surface area contributed by atoms with E-state index in [1.165, 1.54) is 43.5 Å². The molecule has 23 heavy (non-hydrogen) atoms. The second-order valence-electron chi connectivity index (χ2n) is 7.95. The predicted octanol–water partition coefficient (Wildman–Crippen LogP) is 4.89. The summed E-state index contributed by atoms with van der Waals surface area (Å²) in [6, 6.07) is 6.91. The molecule has 1 atom stereocenters. The molecular weight excluding hydrogens is 282 g/mol. The average molecular weight is 316 g/mol. The SMILES string of the molecule is CCCN(CCC)C1CCc2cccc(C(=O)C(C)(C)C)c2C1. The minimum atomic E-state index is -0.311. The molecular formula is C21H33NO. The molecule has 0 fully saturated rings. The van der Waals surface area contributed by atoms with E-state index >= 15 is 0 Å². The van der Waals surface area contributed by atoms with E-state index in [9.17, 15) is 4.79 Å². The monoisotopic (exact) mass is 315 g/mol. The highest BCUT2D eigenvalue weighted by atomic mass is 16.1. The summed E-state index contributed by atoms with van der Waals surface area (Å²) in [6.45, 7) is 12.9. The maximum absolute atomic E-state index is 12.9. The van der Waals surface area contributed by atoms with Crippen LogP contribution in [-0.4, -0.2) is 29.8 Å². The molecule has 2 rings (SSSR count). The normalized spacial score (nSPS) is 18.1. The van der Waals surface area contributed by atoms with Crippen molar-refractivity contribution in [2.45, 2.75) is 72.8 Å². The molecule has 2 nitrogen and oxygen atoms in total. The summed E-state index contributed by atoms with van der Waals surface area (Å²) in [5, 5.41) is 0. The first-order valence-corrected chi connectivity index (χ1v) is 9.28. The fourth-order valence-corrected chi connectivity index (χ4v) is 3.75. The lowest BCUT2D eigenvalue weighted by molar-refractivity contribution is 0.0855. The third-order valence-electron chi connectivity index (χ3n) is 4.92. The van der Waals surface area contributed by atoms with E-state index in [0.717, 1.165) is 18.4 Å². The van der Waals surface area contributed by atoms with Gasteiger partial charge in [-0.15, -0.1) is 0 Å². The molecule has 0 heterocycles. The molecule has 128 valence electrons. The van der Waals surface area contributed by atoms with Crippen LogP contribution < -0.4 is 0 Å². The van der Waals surface area contributed by atoms with Gasteiger partial charge in [-0.05, 0) is 56.3 Å². The zero-order chi connectivity index (χ0) is 17.0. The van der Waals surface area contributed by atoms with Crippen molar-refractivity contribution in [1.82, 2.24) is 4.90 Å². The molecule has 0 amide bonds. The highest BCUT2D eigenvalue weighted by molar-refractivity contribution is 6.01. The van der Waals surface area contributed by atoms with Gasteiger partial charge >= 0.3 is 0 Å². The molecule has 0 spiro atoms. The summed E-state index contributed by atoms with van der Waals surface area (Å²) in [6.07, 6.45) is 5.76. The maximum atomic E-state index is 12.9. The first-order valence-electron chi connectivity index (χ1n) is 9.28. The Balaban J connectivity index is 2.29. The van der Waals surface area contributed by atoms with Crippen LogP contribution in [0.15, 0.2) is 18.2 Å². The van der Waals surface area contributed by atoms with Gasteiger partial charge < -0.3 is 4.90 Å². The topological polar surface area (TPSA) is 20.3 Å². The van der Waals surface area contributed by atoms with Crippen molar-refractivity contribution < 1.29 is 4.79 Å². The van der Waals surface area contributed by atoms with E-state index < -0.39 is 0 Å². The van der Waals surface area contributed by atoms with E-state index in [-0.39, 0.29) is 11.2 Å². The highest BCUT2D eigenvalue weighted by Crippen LogP contribution is 2.31. The van der Waals surface area contributed by atoms with Gasteiger partial charge in [0.1, 0.15) is 0 Å². The molecule has 0 saturated carbocycles. The third kappa shape index (κ3) is 4.23. The van der Waals surface area contributed by atoms with Gasteiger partial charge in [-0.3, -0.25) is 4.79 Å². The maximum Gasteiger partial charge on any atom is 0.168 e. The molecule has 1 unspecified atom stereocenters. The number of benzene rings is 1. The van der Waals surface area contributed by atoms with Gasteiger partial charge in [0.15, 0.2) is 5.78 Å². The van der Waals surface area contributed by atoms with Gasteiger partial charge in [-0.1, -0.05) is 52.8 Å². The van der Waals surface area contributed by atoms with Crippen molar-refractivity contribution in [3.05, 3.63) is 34.9 Å². The number of hydrogen-bond acceptors (Lipinski definition) is 2. The molecule has 0 radical (unpaired) electrons. The largest absolute Gasteiger partial charge is 0.300 e. The van der Waals surface area contributed by atoms with Crippen LogP contribution in [0.4, 0.5) is 0 Å². The number of carbonyl (C=O) groups excluding carboxylic acids is 1. The van der Waals surface area contributed by atoms with Gasteiger partial charge in [0.2, 0.25) is 0 Å². The van der Waals surface area contributed by atoms with Crippen LogP contribution >= 0.6 is 0 Å². The van der Waals surface area contributed by atoms with Crippen LogP contribution in [0, 0.1) is 5.41 Å². The zero-order valence-electron chi connectivity index (χ0n) is 15.6. The third-order valence-corrected chi connectivity index (χ3v) is 4.92. The van der Waals surface area contributed by atoms with E-state index in [1.807, 2.05) is 26.8 Å². The lowest BCUT2D eigenvalue weighted by Crippen LogP contribution is -2.41. The number of hydrogen-bond donors (Lipinski definition) is 0. The molecule has 0 aliphatic heterocycles. The molecule has 1 aliphatic rings. The second-order valence-corrected chi connectivity index (χ2v) is 7.95. The quantitative estimate of drug-likeness (QED) is 0.696. The van der Waals surface area contributed by atoms with Gasteiger partial charge in [-0.2, -0.15) is 0 Å². The Morgan fingerprint density at radius 3 is 2.39 bits per heavy atom. The number of nitrogens with zero attached hydrogens (tertiary/aromatic N) is 1. The van der Waals surface area contributed by atoms with Gasteiger partial charge in [0.05, 0.1) is 0 Å². The summed E-state index contributed by atoms with van der Waals surface area (Å²) < 4.78 is 0. The summed E-state index contributed by atoms with van der Waals surface area (Å²) in [5.74, 6) is 0.285. The Hall–Kier alpha value is -1.15. The molecule has 0 saturated heterocycles. The number of fused-ring (bicyclic) bond motifs is 1. The van der Waals surface area contributed by atoms with Crippen molar-refractivity contribution >= 4 is 5.78 Å². The number of ketones is 1. The standard InChI is InChI=1S/C21H33NO/c1-6-13-22(14-7-2)17-12-11-16-9-8-10-18(19(16)15-17)20(23)21(3,4)5/h8-10,17H,6-7,11-15H2,1-5H3. The highest BCUT2D eigenvalue weighted by Gasteiger charge is 2.30. The van der Waals surface area contributed by atoms with Crippen LogP contribution in [-0.2, 0) is 12.8 Å². The van der Waals surface area contributed by atoms with Crippen LogP contribution in [0.3, 0.4) is 0 Å². The zero-order valence-corrected chi connectivity index (χ0v) is 15.6. The Kier molecular flexibility index (Phi) is 6.02. The van der Waals surface area contributed by atoms with Gasteiger partial charge in [-0.25, -0.2) is 0 Å². The molecule has 0 N–H and O–H groups in total. The molecule has 1 aliphatic carbocycles. The van der Waals surface area contributed by atoms with Crippen molar-refractivity contribution in [3.8, 4) is 0 Å². The Morgan fingerprint density at radius 1 is 1.17 bits per heavy atom. The lowest BCUT2D eigenvalue weighted by atomic mass is 9.78. The fraction of sp³-hybridized carbons (Fsp3) is 0.667. The van der Waals surface area contributed by atoms with Gasteiger partial charge in [0.25, 0.3) is 0 Å². The molecule has 1 aromatic rings. The van der Waals surface area contributed by atoms with Crippen molar-refractivity contribution in [2.24, 2.45) is 5.41 Å². The van der Waals surface area contributed by atoms with Crippen LogP contribution in [0.2, 0.25) is 0 Å². The van der Waals surface area contributed by atoms with Crippen molar-refractivity contribution in [2.75, 3.05) is 13.1 Å². The summed E-state index contributed by atoms with van der Waals surface area (Å²) >= 11 is 0. The van der Waals surface area contributed by atoms with Crippen LogP contribution in [0.1, 0.15) is 75.4 Å². The van der Waals surface area contributed by atoms with Crippen molar-refractivity contribution in [3.63, 3.8) is 0 Å². The summed E-state index contributed by atoms with van der Waals surface area (Å²) in [7, 11) is 0. The van der Waals surface area contributed by atoms with E-state index in [4.69, 9.17) is 0 Å². The van der Waals surface area contributed by atoms with Crippen LogP contribution in [0.5, 0.6) is 0 Å². The minimum absolute atomic E-state index is 0.285. The molecule has 0 aromatic heterocycles. The van der Waals surface area contributed by atoms with Crippen molar-refractivity contribution in [1.29, 1.82) is 0 Å². The van der Waals surface area contributed by atoms with Gasteiger partial charge in [0, 0.05) is 17.0 Å². The summed E-state index contributed by atoms with van der Waals surface area (Å²) in [5.41, 5.74) is 3.37. The van der Waals surface area contributed by atoms with E-state index in [1.54, 1.807) is 0 Å². The fourth-order valence-electron chi connectivity index (χ4n) is 3.75. The Morgan fingerprint density at radius 2 is 1.83 bits per heavy atom. The predicted molar refractivity (Wildman–Crippen MR) is 98.2 cm³/mol. The van der Waals surface area contributed by atoms with E-state index in [2.05, 4.69) is 30.9 Å². The second kappa shape index (κ2) is 7.61. The Bertz CT molecular complexity index is 535. The first kappa shape index (κ1) is 18.2. The van der Waals surface area contributed by atoms with Crippen LogP contribution in [0.25, 0.3) is 0 Å². The lowest BCUT2D eigenvalue weighted by Gasteiger charge is -2.36. The number of aryl methyl sites for hydroxylation is 1. The van der Waals surface area contributed by atoms with E-state index in [0.29, 0.717) is 6.04 Å². The average Bonchev–Trinajstić information content (AvgIpc) is 2.52. The smallest absolute Gasteiger partial charge is 0.168 e. The number of Topliss-reactive ketones (excluding diaryl/α,β-unsaturated/α-hetero) is 1. The summed E-state index contributed by atoms with van der Waals surface area (Å²) in [4.78, 5) is 15.5. The Labute approximate surface area is 142 Å². The molecule has 0 bridgehead atoms. The molecule has 2 heteroatoms. The number of rotatable bonds is 6. The number of carbonyl (C=O) groups is 1. The molecule has 1 aromatic carbocycles.